The van der Waals surface area contributed by atoms with Crippen LogP contribution in [-0.4, -0.2) is 41.9 Å². The predicted molar refractivity (Wildman–Crippen MR) is 137 cm³/mol. The Labute approximate surface area is 204 Å². The minimum Gasteiger partial charge on any atom is -0.361 e. The van der Waals surface area contributed by atoms with E-state index in [0.29, 0.717) is 26.1 Å². The zero-order valence-corrected chi connectivity index (χ0v) is 20.5. The Bertz CT molecular complexity index is 1080. The number of benzene rings is 2. The molecule has 0 spiro atoms. The number of nitrogens with zero attached hydrogens (tertiary/aromatic N) is 2. The minimum absolute atomic E-state index is 0. The highest BCUT2D eigenvalue weighted by Crippen LogP contribution is 2.19. The summed E-state index contributed by atoms with van der Waals surface area (Å²) in [5.74, 6) is 0.749. The molecule has 0 aliphatic carbocycles. The van der Waals surface area contributed by atoms with Crippen LogP contribution in [0.2, 0.25) is 0 Å². The van der Waals surface area contributed by atoms with Gasteiger partial charge in [-0.1, -0.05) is 24.3 Å². The van der Waals surface area contributed by atoms with Crippen LogP contribution in [-0.2, 0) is 24.3 Å². The Morgan fingerprint density at radius 3 is 2.66 bits per heavy atom. The van der Waals surface area contributed by atoms with E-state index >= 15 is 0 Å². The van der Waals surface area contributed by atoms with Crippen molar-refractivity contribution in [1.82, 2.24) is 20.5 Å². The van der Waals surface area contributed by atoms with E-state index in [0.717, 1.165) is 52.9 Å². The van der Waals surface area contributed by atoms with Gasteiger partial charge in [-0.3, -0.25) is 9.79 Å². The number of aromatic amines is 1. The first-order chi connectivity index (χ1) is 15.1. The quantitative estimate of drug-likeness (QED) is 0.238. The summed E-state index contributed by atoms with van der Waals surface area (Å²) < 4.78 is 13.3. The van der Waals surface area contributed by atoms with Gasteiger partial charge in [0.05, 0.1) is 0 Å². The number of rotatable bonds is 7. The summed E-state index contributed by atoms with van der Waals surface area (Å²) in [6.45, 7) is 2.93. The molecule has 2 aromatic carbocycles. The topological polar surface area (TPSA) is 72.5 Å². The molecule has 1 amide bonds. The van der Waals surface area contributed by atoms with Crippen molar-refractivity contribution >= 4 is 46.7 Å². The van der Waals surface area contributed by atoms with Crippen molar-refractivity contribution in [1.29, 1.82) is 0 Å². The molecule has 170 valence electrons. The van der Waals surface area contributed by atoms with Crippen molar-refractivity contribution in [2.45, 2.75) is 32.4 Å². The van der Waals surface area contributed by atoms with Gasteiger partial charge >= 0.3 is 0 Å². The summed E-state index contributed by atoms with van der Waals surface area (Å²) in [6.07, 6.45) is 4.37. The summed E-state index contributed by atoms with van der Waals surface area (Å²) in [5.41, 5.74) is 4.26. The van der Waals surface area contributed by atoms with Crippen molar-refractivity contribution < 1.29 is 9.18 Å². The van der Waals surface area contributed by atoms with Crippen molar-refractivity contribution in [2.24, 2.45) is 4.99 Å². The Kier molecular flexibility index (Phi) is 8.49. The lowest BCUT2D eigenvalue weighted by molar-refractivity contribution is -0.128. The van der Waals surface area contributed by atoms with Gasteiger partial charge < -0.3 is 20.5 Å². The summed E-state index contributed by atoms with van der Waals surface area (Å²) >= 11 is 0. The third kappa shape index (κ3) is 5.99. The molecule has 1 aliphatic rings. The summed E-state index contributed by atoms with van der Waals surface area (Å²) in [5, 5.41) is 7.70. The molecule has 32 heavy (non-hydrogen) atoms. The van der Waals surface area contributed by atoms with Gasteiger partial charge in [-0.2, -0.15) is 0 Å². The molecule has 3 aromatic rings. The number of halogens is 2. The molecule has 1 aromatic heterocycles. The van der Waals surface area contributed by atoms with E-state index in [-0.39, 0.29) is 35.7 Å². The molecule has 2 heterocycles. The molecule has 0 radical (unpaired) electrons. The third-order valence-electron chi connectivity index (χ3n) is 5.67. The molecule has 3 N–H and O–H groups in total. The number of H-pyrrole nitrogens is 1. The maximum absolute atomic E-state index is 13.3. The zero-order chi connectivity index (χ0) is 21.6. The van der Waals surface area contributed by atoms with Crippen LogP contribution in [0.4, 0.5) is 4.39 Å². The molecule has 1 aliphatic heterocycles. The van der Waals surface area contributed by atoms with Crippen LogP contribution in [0.25, 0.3) is 10.9 Å². The lowest BCUT2D eigenvalue weighted by Crippen LogP contribution is -2.37. The first kappa shape index (κ1) is 24.0. The molecule has 0 bridgehead atoms. The number of hydrogen-bond acceptors (Lipinski definition) is 2. The summed E-state index contributed by atoms with van der Waals surface area (Å²) in [6, 6.07) is 13.1. The maximum atomic E-state index is 13.3. The molecule has 0 atom stereocenters. The number of hydrogen-bond donors (Lipinski definition) is 3. The fraction of sp³-hybridized carbons (Fsp3) is 0.333. The molecule has 8 heteroatoms. The van der Waals surface area contributed by atoms with Gasteiger partial charge in [0.15, 0.2) is 5.96 Å². The second-order valence-corrected chi connectivity index (χ2v) is 7.84. The zero-order valence-electron chi connectivity index (χ0n) is 18.2. The van der Waals surface area contributed by atoms with Gasteiger partial charge in [0.25, 0.3) is 0 Å². The molecule has 1 fully saturated rings. The normalized spacial score (nSPS) is 14.0. The lowest BCUT2D eigenvalue weighted by atomic mass is 10.1. The van der Waals surface area contributed by atoms with E-state index in [4.69, 9.17) is 0 Å². The fourth-order valence-electron chi connectivity index (χ4n) is 3.94. The van der Waals surface area contributed by atoms with Crippen LogP contribution >= 0.6 is 24.0 Å². The van der Waals surface area contributed by atoms with Crippen LogP contribution in [0.5, 0.6) is 0 Å². The molecule has 6 nitrogen and oxygen atoms in total. The van der Waals surface area contributed by atoms with Crippen molar-refractivity contribution in [3.05, 3.63) is 71.2 Å². The van der Waals surface area contributed by atoms with Crippen LogP contribution in [0, 0.1) is 5.82 Å². The second kappa shape index (κ2) is 11.3. The maximum Gasteiger partial charge on any atom is 0.222 e. The number of nitrogens with one attached hydrogen (secondary N) is 3. The van der Waals surface area contributed by atoms with Crippen LogP contribution in [0.1, 0.15) is 29.5 Å². The lowest BCUT2D eigenvalue weighted by Gasteiger charge is -2.16. The number of guanidine groups is 1. The molecular formula is C24H29FIN5O. The summed E-state index contributed by atoms with van der Waals surface area (Å²) in [7, 11) is 1.75. The first-order valence-corrected chi connectivity index (χ1v) is 10.7. The number of likely N-dealkylation sites (tertiary alicyclic amines) is 1. The Morgan fingerprint density at radius 2 is 1.94 bits per heavy atom. The van der Waals surface area contributed by atoms with E-state index in [1.165, 1.54) is 12.1 Å². The van der Waals surface area contributed by atoms with E-state index in [2.05, 4.69) is 44.9 Å². The standard InChI is InChI=1S/C24H28FN5O.HI/c1-26-24(27-11-10-19-15-28-22-13-20(25)8-9-21(19)22)29-14-17-4-6-18(7-5-17)16-30-12-2-3-23(30)31;/h4-9,13,15,28H,2-3,10-12,14,16H2,1H3,(H2,26,27,29);1H. The molecule has 0 unspecified atom stereocenters. The van der Waals surface area contributed by atoms with Gasteiger partial charge in [0.2, 0.25) is 5.91 Å². The highest BCUT2D eigenvalue weighted by atomic mass is 127. The Hall–Kier alpha value is -2.62. The monoisotopic (exact) mass is 549 g/mol. The predicted octanol–water partition coefficient (Wildman–Crippen LogP) is 3.96. The van der Waals surface area contributed by atoms with Gasteiger partial charge in [-0.05, 0) is 47.7 Å². The number of fused-ring (bicyclic) bond motifs is 1. The van der Waals surface area contributed by atoms with Gasteiger partial charge in [-0.25, -0.2) is 4.39 Å². The average molecular weight is 549 g/mol. The summed E-state index contributed by atoms with van der Waals surface area (Å²) in [4.78, 5) is 21.1. The van der Waals surface area contributed by atoms with Crippen molar-refractivity contribution in [3.63, 3.8) is 0 Å². The minimum atomic E-state index is -0.235. The number of carbonyl (C=O) groups excluding carboxylic acids is 1. The number of carbonyl (C=O) groups is 1. The van der Waals surface area contributed by atoms with Gasteiger partial charge in [-0.15, -0.1) is 24.0 Å². The SMILES string of the molecule is CN=C(NCCc1c[nH]c2cc(F)ccc12)NCc1ccc(CN2CCCC2=O)cc1.I. The Morgan fingerprint density at radius 1 is 1.16 bits per heavy atom. The van der Waals surface area contributed by atoms with Crippen LogP contribution in [0.15, 0.2) is 53.7 Å². The van der Waals surface area contributed by atoms with E-state index in [1.807, 2.05) is 17.2 Å². The third-order valence-corrected chi connectivity index (χ3v) is 5.67. The fourth-order valence-corrected chi connectivity index (χ4v) is 3.94. The smallest absolute Gasteiger partial charge is 0.222 e. The number of aromatic nitrogens is 1. The molecule has 0 saturated carbocycles. The van der Waals surface area contributed by atoms with E-state index in [9.17, 15) is 9.18 Å². The number of aliphatic imine (C=N–C) groups is 1. The van der Waals surface area contributed by atoms with E-state index in [1.54, 1.807) is 7.05 Å². The van der Waals surface area contributed by atoms with Crippen LogP contribution in [0.3, 0.4) is 0 Å². The highest BCUT2D eigenvalue weighted by molar-refractivity contribution is 14.0. The van der Waals surface area contributed by atoms with Gasteiger partial charge in [0.1, 0.15) is 5.82 Å². The number of amides is 1. The largest absolute Gasteiger partial charge is 0.361 e. The van der Waals surface area contributed by atoms with Crippen molar-refractivity contribution in [2.75, 3.05) is 20.1 Å². The first-order valence-electron chi connectivity index (χ1n) is 10.7. The molecule has 4 rings (SSSR count). The van der Waals surface area contributed by atoms with E-state index < -0.39 is 0 Å². The molecule has 1 saturated heterocycles. The molecular weight excluding hydrogens is 520 g/mol. The van der Waals surface area contributed by atoms with Crippen molar-refractivity contribution in [3.8, 4) is 0 Å². The van der Waals surface area contributed by atoms with Crippen LogP contribution < -0.4 is 10.6 Å². The second-order valence-electron chi connectivity index (χ2n) is 7.84. The average Bonchev–Trinajstić information content (AvgIpc) is 3.37. The Balaban J connectivity index is 0.00000289. The highest BCUT2D eigenvalue weighted by Gasteiger charge is 2.19. The van der Waals surface area contributed by atoms with Gasteiger partial charge in [0, 0.05) is 56.7 Å².